The first kappa shape index (κ1) is 9.30. The van der Waals surface area contributed by atoms with Crippen molar-refractivity contribution in [3.8, 4) is 0 Å². The third-order valence-electron chi connectivity index (χ3n) is 1.62. The molecule has 0 spiro atoms. The lowest BCUT2D eigenvalue weighted by Gasteiger charge is -2.24. The van der Waals surface area contributed by atoms with Gasteiger partial charge in [0.25, 0.3) is 0 Å². The number of methoxy groups -OCH3 is 1. The van der Waals surface area contributed by atoms with Gasteiger partial charge in [0.05, 0.1) is 0 Å². The Kier molecular flexibility index (Phi) is 3.16. The van der Waals surface area contributed by atoms with E-state index in [4.69, 9.17) is 16.3 Å². The van der Waals surface area contributed by atoms with E-state index in [0.29, 0.717) is 5.88 Å². The van der Waals surface area contributed by atoms with Crippen LogP contribution in [0, 0.1) is 0 Å². The highest BCUT2D eigenvalue weighted by atomic mass is 79.9. The van der Waals surface area contributed by atoms with E-state index in [9.17, 15) is 0 Å². The maximum Gasteiger partial charge on any atom is 0.144 e. The van der Waals surface area contributed by atoms with E-state index in [1.165, 1.54) is 0 Å². The van der Waals surface area contributed by atoms with Gasteiger partial charge in [0.2, 0.25) is 0 Å². The second-order valence-corrected chi connectivity index (χ2v) is 4.06. The first-order valence-electron chi connectivity index (χ1n) is 3.38. The molecular weight excluding hydrogens is 227 g/mol. The number of ether oxygens (including phenoxy) is 1. The Bertz CT molecular complexity index is 200. The van der Waals surface area contributed by atoms with Crippen molar-refractivity contribution in [1.29, 1.82) is 0 Å². The predicted molar refractivity (Wildman–Crippen MR) is 51.2 cm³/mol. The molecule has 0 N–H and O–H groups in total. The topological polar surface area (TPSA) is 9.23 Å². The molecule has 62 valence electrons. The molecular formula is C8H10BrClO. The van der Waals surface area contributed by atoms with Crippen LogP contribution < -0.4 is 0 Å². The summed E-state index contributed by atoms with van der Waals surface area (Å²) in [5, 5.41) is 0. The van der Waals surface area contributed by atoms with Crippen LogP contribution in [0.1, 0.15) is 6.42 Å². The lowest BCUT2D eigenvalue weighted by atomic mass is 10.1. The lowest BCUT2D eigenvalue weighted by molar-refractivity contribution is 0.119. The van der Waals surface area contributed by atoms with Crippen molar-refractivity contribution in [2.75, 3.05) is 13.0 Å². The molecule has 0 aliphatic heterocycles. The number of alkyl halides is 2. The molecule has 0 aromatic carbocycles. The molecule has 0 radical (unpaired) electrons. The minimum atomic E-state index is -0.327. The standard InChI is InChI=1S/C8H10BrClO/c1-11-8(9)4-2-3-7(5-8)6-10/h2-3,5H,4,6H2,1H3. The van der Waals surface area contributed by atoms with Crippen molar-refractivity contribution in [1.82, 2.24) is 0 Å². The molecule has 0 saturated carbocycles. The van der Waals surface area contributed by atoms with E-state index < -0.39 is 0 Å². The molecule has 0 aromatic heterocycles. The Morgan fingerprint density at radius 2 is 2.55 bits per heavy atom. The van der Waals surface area contributed by atoms with Crippen LogP contribution in [0.4, 0.5) is 0 Å². The molecule has 0 fully saturated rings. The largest absolute Gasteiger partial charge is 0.363 e. The van der Waals surface area contributed by atoms with Crippen molar-refractivity contribution in [2.45, 2.75) is 10.9 Å². The van der Waals surface area contributed by atoms with Crippen LogP contribution in [-0.4, -0.2) is 17.5 Å². The Morgan fingerprint density at radius 1 is 1.82 bits per heavy atom. The fourth-order valence-corrected chi connectivity index (χ4v) is 1.63. The molecule has 1 aliphatic carbocycles. The Hall–Kier alpha value is 0.210. The van der Waals surface area contributed by atoms with Gasteiger partial charge in [-0.1, -0.05) is 12.2 Å². The average molecular weight is 238 g/mol. The quantitative estimate of drug-likeness (QED) is 0.671. The van der Waals surface area contributed by atoms with Gasteiger partial charge in [-0.2, -0.15) is 0 Å². The Balaban J connectivity index is 2.75. The Morgan fingerprint density at radius 3 is 3.09 bits per heavy atom. The molecule has 0 bridgehead atoms. The lowest BCUT2D eigenvalue weighted by Crippen LogP contribution is -2.21. The van der Waals surface area contributed by atoms with E-state index in [2.05, 4.69) is 22.0 Å². The molecule has 1 rings (SSSR count). The van der Waals surface area contributed by atoms with Gasteiger partial charge in [0.1, 0.15) is 4.51 Å². The second kappa shape index (κ2) is 3.74. The normalized spacial score (nSPS) is 30.3. The predicted octanol–water partition coefficient (Wildman–Crippen LogP) is 2.85. The summed E-state index contributed by atoms with van der Waals surface area (Å²) in [7, 11) is 1.68. The summed E-state index contributed by atoms with van der Waals surface area (Å²) < 4.78 is 4.91. The zero-order valence-electron chi connectivity index (χ0n) is 6.31. The van der Waals surface area contributed by atoms with Crippen LogP contribution in [-0.2, 0) is 4.74 Å². The van der Waals surface area contributed by atoms with E-state index in [0.717, 1.165) is 12.0 Å². The Labute approximate surface area is 80.2 Å². The van der Waals surface area contributed by atoms with Gasteiger partial charge in [0.15, 0.2) is 0 Å². The SMILES string of the molecule is COC1(Br)C=C(CCl)C=CC1. The fraction of sp³-hybridized carbons (Fsp3) is 0.500. The highest BCUT2D eigenvalue weighted by Crippen LogP contribution is 2.30. The molecule has 1 unspecified atom stereocenters. The van der Waals surface area contributed by atoms with E-state index >= 15 is 0 Å². The first-order valence-corrected chi connectivity index (χ1v) is 4.71. The molecule has 0 amide bonds. The summed E-state index contributed by atoms with van der Waals surface area (Å²) in [5.41, 5.74) is 1.09. The molecule has 3 heteroatoms. The van der Waals surface area contributed by atoms with Crippen molar-refractivity contribution in [2.24, 2.45) is 0 Å². The highest BCUT2D eigenvalue weighted by molar-refractivity contribution is 9.10. The molecule has 1 aliphatic rings. The van der Waals surface area contributed by atoms with Crippen molar-refractivity contribution in [3.63, 3.8) is 0 Å². The minimum absolute atomic E-state index is 0.327. The van der Waals surface area contributed by atoms with Crippen LogP contribution in [0.5, 0.6) is 0 Å². The van der Waals surface area contributed by atoms with Crippen LogP contribution in [0.15, 0.2) is 23.8 Å². The van der Waals surface area contributed by atoms with Gasteiger partial charge in [-0.3, -0.25) is 0 Å². The van der Waals surface area contributed by atoms with Crippen LogP contribution in [0.3, 0.4) is 0 Å². The maximum atomic E-state index is 5.67. The summed E-state index contributed by atoms with van der Waals surface area (Å²) in [4.78, 5) is 0. The smallest absolute Gasteiger partial charge is 0.144 e. The number of allylic oxidation sites excluding steroid dienone is 2. The van der Waals surface area contributed by atoms with Crippen LogP contribution >= 0.6 is 27.5 Å². The summed E-state index contributed by atoms with van der Waals surface area (Å²) in [5.74, 6) is 0.535. The number of rotatable bonds is 2. The molecule has 1 nitrogen and oxygen atoms in total. The molecule has 0 heterocycles. The van der Waals surface area contributed by atoms with Crippen molar-refractivity contribution in [3.05, 3.63) is 23.8 Å². The molecule has 0 saturated heterocycles. The average Bonchev–Trinajstić information content (AvgIpc) is 2.05. The molecule has 1 atom stereocenters. The van der Waals surface area contributed by atoms with Gasteiger partial charge in [-0.05, 0) is 27.6 Å². The summed E-state index contributed by atoms with van der Waals surface area (Å²) >= 11 is 9.14. The van der Waals surface area contributed by atoms with Gasteiger partial charge in [-0.15, -0.1) is 11.6 Å². The molecule has 0 aromatic rings. The number of hydrogen-bond donors (Lipinski definition) is 0. The maximum absolute atomic E-state index is 5.67. The third kappa shape index (κ3) is 2.32. The number of halogens is 2. The van der Waals surface area contributed by atoms with E-state index in [-0.39, 0.29) is 4.51 Å². The fourth-order valence-electron chi connectivity index (χ4n) is 0.980. The van der Waals surface area contributed by atoms with Crippen molar-refractivity contribution < 1.29 is 4.74 Å². The molecule has 11 heavy (non-hydrogen) atoms. The van der Waals surface area contributed by atoms with Gasteiger partial charge in [-0.25, -0.2) is 0 Å². The summed E-state index contributed by atoms with van der Waals surface area (Å²) in [6, 6.07) is 0. The third-order valence-corrected chi connectivity index (χ3v) is 2.81. The van der Waals surface area contributed by atoms with Crippen LogP contribution in [0.2, 0.25) is 0 Å². The van der Waals surface area contributed by atoms with E-state index in [1.807, 2.05) is 12.2 Å². The first-order chi connectivity index (χ1) is 5.20. The minimum Gasteiger partial charge on any atom is -0.363 e. The number of hydrogen-bond acceptors (Lipinski definition) is 1. The van der Waals surface area contributed by atoms with Crippen molar-refractivity contribution >= 4 is 27.5 Å². The highest BCUT2D eigenvalue weighted by Gasteiger charge is 2.23. The second-order valence-electron chi connectivity index (χ2n) is 2.45. The monoisotopic (exact) mass is 236 g/mol. The van der Waals surface area contributed by atoms with Crippen LogP contribution in [0.25, 0.3) is 0 Å². The zero-order chi connectivity index (χ0) is 8.32. The zero-order valence-corrected chi connectivity index (χ0v) is 8.65. The summed E-state index contributed by atoms with van der Waals surface area (Å²) in [6.45, 7) is 0. The van der Waals surface area contributed by atoms with Gasteiger partial charge < -0.3 is 4.74 Å². The van der Waals surface area contributed by atoms with E-state index in [1.54, 1.807) is 7.11 Å². The summed E-state index contributed by atoms with van der Waals surface area (Å²) in [6.07, 6.45) is 6.92. The van der Waals surface area contributed by atoms with Gasteiger partial charge >= 0.3 is 0 Å². The van der Waals surface area contributed by atoms with Gasteiger partial charge in [0, 0.05) is 19.4 Å².